The van der Waals surface area contributed by atoms with Crippen molar-refractivity contribution in [2.24, 2.45) is 0 Å². The molecule has 0 radical (unpaired) electrons. The Kier molecular flexibility index (Phi) is 12.3. The number of hydrogen-bond donors (Lipinski definition) is 0. The lowest BCUT2D eigenvalue weighted by Crippen LogP contribution is -2.31. The number of rotatable bonds is 11. The Bertz CT molecular complexity index is 4370. The lowest BCUT2D eigenvalue weighted by Gasteiger charge is -2.20. The standard InChI is InChI=1S/C75H55N5O/c1-75(2,3)61-37-39-77-73(47-61)80-68-32-17-16-29-66(68)67-36-35-62(48-71(67)80)81-63-38-40-76-72(49-63)78-50-79(70-34-19-18-33-69(70)78)74-64(59-43-55(51-21-8-4-9-22-51)41-56(44-59)52-23-10-5-11-24-52)30-20-31-65(74)60-45-57(53-25-12-6-13-26-53)42-58(46-60)54-27-14-7-15-28-54/h4-49H,1-3H3. The van der Waals surface area contributed by atoms with Crippen molar-refractivity contribution >= 4 is 32.8 Å². The van der Waals surface area contributed by atoms with Crippen LogP contribution in [-0.2, 0) is 5.41 Å². The molecule has 0 saturated heterocycles. The summed E-state index contributed by atoms with van der Waals surface area (Å²) in [5, 5.41) is 2.28. The van der Waals surface area contributed by atoms with Gasteiger partial charge in [0.15, 0.2) is 5.82 Å². The van der Waals surface area contributed by atoms with Crippen molar-refractivity contribution in [3.63, 3.8) is 0 Å². The van der Waals surface area contributed by atoms with Crippen LogP contribution in [0.5, 0.6) is 11.5 Å². The first kappa shape index (κ1) is 48.9. The number of aromatic nitrogens is 5. The number of hydrogen-bond acceptors (Lipinski definition) is 3. The van der Waals surface area contributed by atoms with Gasteiger partial charge in [0.05, 0.1) is 27.8 Å². The van der Waals surface area contributed by atoms with E-state index < -0.39 is 0 Å². The molecule has 0 amide bonds. The van der Waals surface area contributed by atoms with Crippen molar-refractivity contribution in [1.82, 2.24) is 19.1 Å². The summed E-state index contributed by atoms with van der Waals surface area (Å²) < 4.78 is 13.4. The average Bonchev–Trinajstić information content (AvgIpc) is 4.31. The molecule has 0 aliphatic rings. The highest BCUT2D eigenvalue weighted by Crippen LogP contribution is 2.42. The number of imidazole rings is 1. The van der Waals surface area contributed by atoms with Crippen LogP contribution in [0.4, 0.5) is 0 Å². The largest absolute Gasteiger partial charge is 0.458 e. The Morgan fingerprint density at radius 1 is 0.370 bits per heavy atom. The monoisotopic (exact) mass is 1040 g/mol. The highest BCUT2D eigenvalue weighted by molar-refractivity contribution is 6.09. The van der Waals surface area contributed by atoms with Gasteiger partial charge in [-0.2, -0.15) is 0 Å². The van der Waals surface area contributed by atoms with E-state index in [1.165, 1.54) is 5.56 Å². The molecule has 0 bridgehead atoms. The smallest absolute Gasteiger partial charge is 0.271 e. The van der Waals surface area contributed by atoms with E-state index in [-0.39, 0.29) is 5.41 Å². The summed E-state index contributed by atoms with van der Waals surface area (Å²) in [6.07, 6.45) is 7.63. The Morgan fingerprint density at radius 3 is 1.41 bits per heavy atom. The minimum atomic E-state index is -0.0423. The fourth-order valence-corrected chi connectivity index (χ4v) is 11.4. The van der Waals surface area contributed by atoms with Crippen molar-refractivity contribution in [3.05, 3.63) is 291 Å². The van der Waals surface area contributed by atoms with E-state index in [0.717, 1.165) is 111 Å². The molecule has 4 aromatic heterocycles. The zero-order valence-electron chi connectivity index (χ0n) is 45.2. The van der Waals surface area contributed by atoms with Gasteiger partial charge in [-0.1, -0.05) is 203 Å². The molecule has 6 nitrogen and oxygen atoms in total. The van der Waals surface area contributed by atoms with Gasteiger partial charge in [-0.3, -0.25) is 18.7 Å². The van der Waals surface area contributed by atoms with Crippen molar-refractivity contribution in [3.8, 4) is 95.6 Å². The summed E-state index contributed by atoms with van der Waals surface area (Å²) in [5.74, 6) is 2.87. The molecule has 0 unspecified atom stereocenters. The van der Waals surface area contributed by atoms with Crippen molar-refractivity contribution in [1.29, 1.82) is 0 Å². The van der Waals surface area contributed by atoms with Gasteiger partial charge in [0.25, 0.3) is 6.33 Å². The van der Waals surface area contributed by atoms with Crippen LogP contribution in [0.1, 0.15) is 26.3 Å². The van der Waals surface area contributed by atoms with Crippen LogP contribution < -0.4 is 9.30 Å². The number of benzene rings is 10. The van der Waals surface area contributed by atoms with E-state index in [0.29, 0.717) is 17.3 Å². The molecule has 0 atom stereocenters. The molecular formula is C75H55N5O. The second-order valence-corrected chi connectivity index (χ2v) is 21.7. The lowest BCUT2D eigenvalue weighted by molar-refractivity contribution is -0.571. The van der Waals surface area contributed by atoms with Gasteiger partial charge in [0.2, 0.25) is 0 Å². The average molecular weight is 1040 g/mol. The molecule has 14 aromatic rings. The Balaban J connectivity index is 0.951. The van der Waals surface area contributed by atoms with Crippen LogP contribution in [0, 0.1) is 6.33 Å². The fourth-order valence-electron chi connectivity index (χ4n) is 11.4. The van der Waals surface area contributed by atoms with E-state index >= 15 is 0 Å². The van der Waals surface area contributed by atoms with E-state index in [2.05, 4.69) is 290 Å². The summed E-state index contributed by atoms with van der Waals surface area (Å²) in [7, 11) is 0. The first-order valence-electron chi connectivity index (χ1n) is 27.5. The van der Waals surface area contributed by atoms with Crippen LogP contribution in [0.2, 0.25) is 0 Å². The van der Waals surface area contributed by atoms with Gasteiger partial charge >= 0.3 is 0 Å². The summed E-state index contributed by atoms with van der Waals surface area (Å²) in [5.41, 5.74) is 19.5. The van der Waals surface area contributed by atoms with E-state index in [1.807, 2.05) is 30.6 Å². The number of fused-ring (bicyclic) bond motifs is 4. The van der Waals surface area contributed by atoms with Crippen LogP contribution in [-0.4, -0.2) is 19.1 Å². The maximum Gasteiger partial charge on any atom is 0.271 e. The van der Waals surface area contributed by atoms with E-state index in [1.54, 1.807) is 0 Å². The maximum absolute atomic E-state index is 6.85. The second kappa shape index (κ2) is 20.4. The molecular weight excluding hydrogens is 987 g/mol. The summed E-state index contributed by atoms with van der Waals surface area (Å²) in [6, 6.07) is 94.9. The third-order valence-electron chi connectivity index (χ3n) is 15.4. The maximum atomic E-state index is 6.85. The molecule has 14 rings (SSSR count). The van der Waals surface area contributed by atoms with Crippen LogP contribution in [0.25, 0.3) is 117 Å². The molecule has 0 N–H and O–H groups in total. The van der Waals surface area contributed by atoms with Gasteiger partial charge in [0.1, 0.15) is 17.3 Å². The lowest BCUT2D eigenvalue weighted by atomic mass is 9.88. The van der Waals surface area contributed by atoms with Crippen LogP contribution >= 0.6 is 0 Å². The second-order valence-electron chi connectivity index (χ2n) is 21.7. The molecule has 0 aliphatic carbocycles. The third-order valence-corrected chi connectivity index (χ3v) is 15.4. The molecule has 0 saturated carbocycles. The van der Waals surface area contributed by atoms with Gasteiger partial charge < -0.3 is 4.74 Å². The third kappa shape index (κ3) is 9.32. The van der Waals surface area contributed by atoms with Crippen molar-refractivity contribution in [2.45, 2.75) is 26.2 Å². The minimum absolute atomic E-state index is 0.0423. The molecule has 10 aromatic carbocycles. The SMILES string of the molecule is CC(C)(C)c1ccnc(-n2c3ccccc3c3ccc(Oc4ccnc(-n5[c-][n+](-c6c(-c7cc(-c8ccccc8)cc(-c8ccccc8)c7)cccc6-c6cc(-c7ccccc7)cc(-c7ccccc7)c6)c6ccccc65)c4)cc32)c1. The molecule has 0 aliphatic heterocycles. The predicted molar refractivity (Wildman–Crippen MR) is 331 cm³/mol. The number of para-hydroxylation sites is 4. The molecule has 6 heteroatoms. The highest BCUT2D eigenvalue weighted by atomic mass is 16.5. The van der Waals surface area contributed by atoms with Crippen molar-refractivity contribution < 1.29 is 9.30 Å². The topological polar surface area (TPSA) is 48.8 Å². The molecule has 0 fully saturated rings. The van der Waals surface area contributed by atoms with Gasteiger partial charge in [-0.25, -0.2) is 4.98 Å². The number of ether oxygens (including phenoxy) is 1. The molecule has 0 spiro atoms. The quantitative estimate of drug-likeness (QED) is 0.0958. The van der Waals surface area contributed by atoms with E-state index in [9.17, 15) is 0 Å². The zero-order valence-corrected chi connectivity index (χ0v) is 45.2. The highest BCUT2D eigenvalue weighted by Gasteiger charge is 2.23. The van der Waals surface area contributed by atoms with Crippen LogP contribution in [0.15, 0.2) is 279 Å². The summed E-state index contributed by atoms with van der Waals surface area (Å²) in [6.45, 7) is 6.70. The van der Waals surface area contributed by atoms with Gasteiger partial charge in [-0.15, -0.1) is 0 Å². The number of nitrogens with zero attached hydrogens (tertiary/aromatic N) is 5. The van der Waals surface area contributed by atoms with E-state index in [4.69, 9.17) is 14.7 Å². The Labute approximate surface area is 471 Å². The van der Waals surface area contributed by atoms with Gasteiger partial charge in [-0.05, 0) is 151 Å². The summed E-state index contributed by atoms with van der Waals surface area (Å²) in [4.78, 5) is 9.96. The Hall–Kier alpha value is -10.4. The van der Waals surface area contributed by atoms with Crippen molar-refractivity contribution in [2.75, 3.05) is 0 Å². The normalized spacial score (nSPS) is 11.6. The zero-order chi connectivity index (χ0) is 54.4. The molecule has 386 valence electrons. The predicted octanol–water partition coefficient (Wildman–Crippen LogP) is 18.7. The van der Waals surface area contributed by atoms with Crippen LogP contribution in [0.3, 0.4) is 0 Å². The number of pyridine rings is 2. The molecule has 4 heterocycles. The van der Waals surface area contributed by atoms with Gasteiger partial charge in [0, 0.05) is 35.3 Å². The molecule has 81 heavy (non-hydrogen) atoms. The first-order chi connectivity index (χ1) is 39.8. The summed E-state index contributed by atoms with van der Waals surface area (Å²) >= 11 is 0. The minimum Gasteiger partial charge on any atom is -0.458 e. The Morgan fingerprint density at radius 2 is 0.840 bits per heavy atom. The fraction of sp³-hybridized carbons (Fsp3) is 0.0533. The first-order valence-corrected chi connectivity index (χ1v) is 27.5.